The Kier molecular flexibility index (Phi) is 2.91. The number of rotatable bonds is 3. The summed E-state index contributed by atoms with van der Waals surface area (Å²) in [6.07, 6.45) is 5.63. The first-order valence-electron chi connectivity index (χ1n) is 6.65. The summed E-state index contributed by atoms with van der Waals surface area (Å²) in [6.45, 7) is 0. The summed E-state index contributed by atoms with van der Waals surface area (Å²) in [6, 6.07) is 6.52. The first kappa shape index (κ1) is 11.2. The molecule has 1 aromatic rings. The fraction of sp³-hybridized carbons (Fsp3) is 0.600. The van der Waals surface area contributed by atoms with Crippen molar-refractivity contribution in [1.82, 2.24) is 0 Å². The van der Waals surface area contributed by atoms with Gasteiger partial charge in [0, 0.05) is 0 Å². The van der Waals surface area contributed by atoms with Gasteiger partial charge in [-0.2, -0.15) is 0 Å². The van der Waals surface area contributed by atoms with Crippen LogP contribution in [0.4, 0.5) is 4.39 Å². The van der Waals surface area contributed by atoms with Gasteiger partial charge in [0.25, 0.3) is 0 Å². The average molecular weight is 234 g/mol. The maximum atomic E-state index is 12.8. The molecule has 0 spiro atoms. The van der Waals surface area contributed by atoms with E-state index >= 15 is 0 Å². The summed E-state index contributed by atoms with van der Waals surface area (Å²) in [7, 11) is 0. The van der Waals surface area contributed by atoms with Crippen molar-refractivity contribution < 1.29 is 9.50 Å². The van der Waals surface area contributed by atoms with Crippen LogP contribution in [0.1, 0.15) is 31.2 Å². The van der Waals surface area contributed by atoms with Crippen LogP contribution >= 0.6 is 0 Å². The summed E-state index contributed by atoms with van der Waals surface area (Å²) in [5, 5.41) is 10.3. The number of benzene rings is 1. The fourth-order valence-corrected chi connectivity index (χ4v) is 3.78. The van der Waals surface area contributed by atoms with Crippen molar-refractivity contribution in [1.29, 1.82) is 0 Å². The zero-order valence-electron chi connectivity index (χ0n) is 9.98. The van der Waals surface area contributed by atoms with Crippen molar-refractivity contribution in [3.8, 4) is 0 Å². The lowest BCUT2D eigenvalue weighted by Gasteiger charge is -2.26. The molecule has 2 fully saturated rings. The Labute approximate surface area is 102 Å². The molecule has 3 rings (SSSR count). The number of halogens is 1. The summed E-state index contributed by atoms with van der Waals surface area (Å²) in [4.78, 5) is 0. The highest BCUT2D eigenvalue weighted by atomic mass is 19.1. The van der Waals surface area contributed by atoms with E-state index in [9.17, 15) is 9.50 Å². The molecule has 4 atom stereocenters. The molecule has 2 bridgehead atoms. The van der Waals surface area contributed by atoms with E-state index in [1.165, 1.54) is 37.8 Å². The monoisotopic (exact) mass is 234 g/mol. The lowest BCUT2D eigenvalue weighted by Crippen LogP contribution is -2.27. The molecule has 2 heteroatoms. The largest absolute Gasteiger partial charge is 0.392 e. The summed E-state index contributed by atoms with van der Waals surface area (Å²) < 4.78 is 12.8. The molecule has 0 aromatic heterocycles. The van der Waals surface area contributed by atoms with Crippen LogP contribution in [-0.4, -0.2) is 11.2 Å². The molecule has 1 aromatic carbocycles. The van der Waals surface area contributed by atoms with E-state index in [4.69, 9.17) is 0 Å². The molecule has 0 radical (unpaired) electrons. The smallest absolute Gasteiger partial charge is 0.123 e. The molecule has 2 aliphatic rings. The minimum Gasteiger partial charge on any atom is -0.392 e. The molecule has 4 unspecified atom stereocenters. The van der Waals surface area contributed by atoms with Gasteiger partial charge in [0.1, 0.15) is 5.82 Å². The van der Waals surface area contributed by atoms with E-state index in [0.29, 0.717) is 12.3 Å². The molecule has 2 saturated carbocycles. The van der Waals surface area contributed by atoms with Gasteiger partial charge >= 0.3 is 0 Å². The Hall–Kier alpha value is -0.890. The topological polar surface area (TPSA) is 20.2 Å². The van der Waals surface area contributed by atoms with E-state index in [1.54, 1.807) is 12.1 Å². The normalized spacial score (nSPS) is 32.9. The molecular weight excluding hydrogens is 215 g/mol. The molecule has 92 valence electrons. The lowest BCUT2D eigenvalue weighted by molar-refractivity contribution is 0.0750. The van der Waals surface area contributed by atoms with Crippen LogP contribution in [0.15, 0.2) is 24.3 Å². The maximum absolute atomic E-state index is 12.8. The second kappa shape index (κ2) is 4.41. The third kappa shape index (κ3) is 2.23. The third-order valence-corrected chi connectivity index (χ3v) is 4.65. The first-order valence-corrected chi connectivity index (χ1v) is 6.65. The van der Waals surface area contributed by atoms with E-state index in [1.807, 2.05) is 0 Å². The summed E-state index contributed by atoms with van der Waals surface area (Å²) in [5.41, 5.74) is 1.04. The van der Waals surface area contributed by atoms with Gasteiger partial charge in [-0.25, -0.2) is 4.39 Å². The molecule has 0 aliphatic heterocycles. The minimum atomic E-state index is -0.240. The zero-order chi connectivity index (χ0) is 11.8. The standard InChI is InChI=1S/C15H19FO/c16-13-5-2-10(3-6-13)9-15(17)14-8-11-1-4-12(14)7-11/h2-3,5-6,11-12,14-15,17H,1,4,7-9H2. The second-order valence-corrected chi connectivity index (χ2v) is 5.74. The molecule has 0 heterocycles. The highest BCUT2D eigenvalue weighted by molar-refractivity contribution is 5.17. The summed E-state index contributed by atoms with van der Waals surface area (Å²) in [5.74, 6) is 1.89. The Morgan fingerprint density at radius 2 is 1.94 bits per heavy atom. The highest BCUT2D eigenvalue weighted by Gasteiger charge is 2.42. The van der Waals surface area contributed by atoms with Crippen LogP contribution in [0, 0.1) is 23.6 Å². The SMILES string of the molecule is OC(Cc1ccc(F)cc1)C1CC2CCC1C2. The molecule has 0 saturated heterocycles. The van der Waals surface area contributed by atoms with E-state index in [-0.39, 0.29) is 11.9 Å². The third-order valence-electron chi connectivity index (χ3n) is 4.65. The Morgan fingerprint density at radius 1 is 1.18 bits per heavy atom. The number of aliphatic hydroxyl groups is 1. The van der Waals surface area contributed by atoms with Gasteiger partial charge in [0.15, 0.2) is 0 Å². The van der Waals surface area contributed by atoms with Gasteiger partial charge < -0.3 is 5.11 Å². The first-order chi connectivity index (χ1) is 8.22. The van der Waals surface area contributed by atoms with Crippen molar-refractivity contribution in [3.63, 3.8) is 0 Å². The fourth-order valence-electron chi connectivity index (χ4n) is 3.78. The Morgan fingerprint density at radius 3 is 2.53 bits per heavy atom. The summed E-state index contributed by atoms with van der Waals surface area (Å²) >= 11 is 0. The quantitative estimate of drug-likeness (QED) is 0.851. The number of aliphatic hydroxyl groups excluding tert-OH is 1. The second-order valence-electron chi connectivity index (χ2n) is 5.74. The Bertz CT molecular complexity index is 386. The van der Waals surface area contributed by atoms with Gasteiger partial charge in [-0.1, -0.05) is 18.6 Å². The van der Waals surface area contributed by atoms with E-state index in [0.717, 1.165) is 17.4 Å². The van der Waals surface area contributed by atoms with Crippen molar-refractivity contribution in [3.05, 3.63) is 35.6 Å². The zero-order valence-corrected chi connectivity index (χ0v) is 9.98. The molecule has 1 nitrogen and oxygen atoms in total. The number of hydrogen-bond donors (Lipinski definition) is 1. The van der Waals surface area contributed by atoms with Gasteiger partial charge in [0.05, 0.1) is 6.10 Å². The van der Waals surface area contributed by atoms with Gasteiger partial charge in [0.2, 0.25) is 0 Å². The van der Waals surface area contributed by atoms with Crippen molar-refractivity contribution in [2.75, 3.05) is 0 Å². The minimum absolute atomic E-state index is 0.205. The molecular formula is C15H19FO. The maximum Gasteiger partial charge on any atom is 0.123 e. The predicted octanol–water partition coefficient (Wildman–Crippen LogP) is 3.17. The van der Waals surface area contributed by atoms with E-state index in [2.05, 4.69) is 0 Å². The average Bonchev–Trinajstić information content (AvgIpc) is 2.94. The highest BCUT2D eigenvalue weighted by Crippen LogP contribution is 2.49. The number of hydrogen-bond acceptors (Lipinski definition) is 1. The Balaban J connectivity index is 1.63. The molecule has 1 N–H and O–H groups in total. The van der Waals surface area contributed by atoms with Crippen molar-refractivity contribution in [2.45, 2.75) is 38.2 Å². The van der Waals surface area contributed by atoms with Crippen LogP contribution in [0.2, 0.25) is 0 Å². The van der Waals surface area contributed by atoms with Crippen LogP contribution in [0.25, 0.3) is 0 Å². The van der Waals surface area contributed by atoms with Gasteiger partial charge in [-0.3, -0.25) is 0 Å². The van der Waals surface area contributed by atoms with Crippen LogP contribution in [0.3, 0.4) is 0 Å². The molecule has 17 heavy (non-hydrogen) atoms. The van der Waals surface area contributed by atoms with Crippen LogP contribution in [-0.2, 0) is 6.42 Å². The molecule has 2 aliphatic carbocycles. The van der Waals surface area contributed by atoms with Crippen molar-refractivity contribution >= 4 is 0 Å². The molecule has 0 amide bonds. The number of fused-ring (bicyclic) bond motifs is 2. The lowest BCUT2D eigenvalue weighted by atomic mass is 9.82. The van der Waals surface area contributed by atoms with E-state index < -0.39 is 0 Å². The predicted molar refractivity (Wildman–Crippen MR) is 65.0 cm³/mol. The van der Waals surface area contributed by atoms with Crippen LogP contribution in [0.5, 0.6) is 0 Å². The van der Waals surface area contributed by atoms with Gasteiger partial charge in [-0.05, 0) is 61.1 Å². The van der Waals surface area contributed by atoms with Crippen molar-refractivity contribution in [2.24, 2.45) is 17.8 Å². The van der Waals surface area contributed by atoms with Crippen LogP contribution < -0.4 is 0 Å². The van der Waals surface area contributed by atoms with Gasteiger partial charge in [-0.15, -0.1) is 0 Å².